The van der Waals surface area contributed by atoms with E-state index in [0.717, 1.165) is 15.8 Å². The molecule has 1 aliphatic rings. The fraction of sp³-hybridized carbons (Fsp3) is 0.409. The lowest BCUT2D eigenvalue weighted by atomic mass is 9.82. The smallest absolute Gasteiger partial charge is 0.325 e. The van der Waals surface area contributed by atoms with E-state index in [1.54, 1.807) is 37.8 Å². The number of fused-ring (bicyclic) bond motifs is 1. The highest BCUT2D eigenvalue weighted by Gasteiger charge is 2.52. The lowest BCUT2D eigenvalue weighted by Crippen LogP contribution is -2.68. The number of rotatable bonds is 7. The van der Waals surface area contributed by atoms with Crippen molar-refractivity contribution in [3.05, 3.63) is 41.4 Å². The van der Waals surface area contributed by atoms with E-state index in [-0.39, 0.29) is 6.04 Å². The van der Waals surface area contributed by atoms with Gasteiger partial charge in [0, 0.05) is 30.7 Å². The van der Waals surface area contributed by atoms with Crippen LogP contribution in [0.3, 0.4) is 0 Å². The maximum absolute atomic E-state index is 12.4. The van der Waals surface area contributed by atoms with Gasteiger partial charge in [-0.05, 0) is 42.5 Å². The number of hydrogen-bond donors (Lipinski definition) is 2. The number of anilines is 1. The first-order chi connectivity index (χ1) is 15.4. The number of halogens is 1. The summed E-state index contributed by atoms with van der Waals surface area (Å²) in [6, 6.07) is 7.17. The first-order valence-corrected chi connectivity index (χ1v) is 11.5. The van der Waals surface area contributed by atoms with Crippen LogP contribution in [0.5, 0.6) is 11.5 Å². The quantitative estimate of drug-likeness (QED) is 0.500. The number of alkyl halides is 1. The summed E-state index contributed by atoms with van der Waals surface area (Å²) in [5, 5.41) is 15.6. The molecule has 3 atom stereocenters. The number of carbonyl (C=O) groups is 1. The molecule has 1 fully saturated rings. The molecule has 0 bridgehead atoms. The van der Waals surface area contributed by atoms with Crippen molar-refractivity contribution < 1.29 is 19.4 Å². The second-order valence-corrected chi connectivity index (χ2v) is 9.12. The number of piperidine rings is 1. The zero-order valence-corrected chi connectivity index (χ0v) is 19.6. The number of thiophene rings is 1. The van der Waals surface area contributed by atoms with Gasteiger partial charge in [0.05, 0.1) is 19.6 Å². The molecule has 0 saturated carbocycles. The number of nitrogens with one attached hydrogen (secondary N) is 1. The Morgan fingerprint density at radius 1 is 1.34 bits per heavy atom. The summed E-state index contributed by atoms with van der Waals surface area (Å²) in [6.45, 7) is 2.70. The monoisotopic (exact) mass is 476 g/mol. The van der Waals surface area contributed by atoms with Crippen LogP contribution in [0.2, 0.25) is 0 Å². The highest BCUT2D eigenvalue weighted by atomic mass is 35.5. The molecule has 3 heterocycles. The van der Waals surface area contributed by atoms with Crippen molar-refractivity contribution >= 4 is 45.1 Å². The number of benzene rings is 1. The van der Waals surface area contributed by atoms with Gasteiger partial charge in [-0.1, -0.05) is 6.07 Å². The van der Waals surface area contributed by atoms with E-state index in [9.17, 15) is 9.90 Å². The predicted molar refractivity (Wildman–Crippen MR) is 125 cm³/mol. The lowest BCUT2D eigenvalue weighted by molar-refractivity contribution is -0.146. The first kappa shape index (κ1) is 22.6. The van der Waals surface area contributed by atoms with Gasteiger partial charge in [0.1, 0.15) is 10.4 Å². The minimum atomic E-state index is -1.29. The average molecular weight is 477 g/mol. The van der Waals surface area contributed by atoms with Crippen LogP contribution in [0, 0.1) is 0 Å². The highest BCUT2D eigenvalue weighted by molar-refractivity contribution is 7.16. The number of hydrogen-bond acceptors (Lipinski definition) is 8. The molecule has 8 nitrogen and oxygen atoms in total. The van der Waals surface area contributed by atoms with Crippen molar-refractivity contribution in [3.8, 4) is 11.5 Å². The fourth-order valence-electron chi connectivity index (χ4n) is 4.11. The third-order valence-electron chi connectivity index (χ3n) is 6.02. The van der Waals surface area contributed by atoms with Crippen LogP contribution in [-0.4, -0.2) is 58.8 Å². The number of carboxylic acids is 1. The highest BCUT2D eigenvalue weighted by Crippen LogP contribution is 2.35. The fourth-order valence-corrected chi connectivity index (χ4v) is 5.26. The van der Waals surface area contributed by atoms with E-state index in [1.807, 2.05) is 35.4 Å². The Balaban J connectivity index is 1.55. The SMILES string of the molecule is COc1ccc(CNC2(C(=O)O)CCN(c3ncc4ccsc4n3)C(C)C2Cl)cc1OC. The van der Waals surface area contributed by atoms with Crippen LogP contribution >= 0.6 is 22.9 Å². The average Bonchev–Trinajstić information content (AvgIpc) is 3.27. The molecule has 4 rings (SSSR count). The summed E-state index contributed by atoms with van der Waals surface area (Å²) in [6.07, 6.45) is 2.10. The first-order valence-electron chi connectivity index (χ1n) is 10.2. The molecule has 0 radical (unpaired) electrons. The molecule has 1 aromatic carbocycles. The Bertz CT molecular complexity index is 1130. The van der Waals surface area contributed by atoms with Crippen molar-refractivity contribution in [2.24, 2.45) is 0 Å². The van der Waals surface area contributed by atoms with Gasteiger partial charge in [-0.3, -0.25) is 10.1 Å². The third kappa shape index (κ3) is 3.96. The molecule has 1 saturated heterocycles. The van der Waals surface area contributed by atoms with E-state index in [4.69, 9.17) is 21.1 Å². The molecule has 1 aliphatic heterocycles. The molecule has 0 aliphatic carbocycles. The van der Waals surface area contributed by atoms with Crippen molar-refractivity contribution in [1.82, 2.24) is 15.3 Å². The van der Waals surface area contributed by atoms with Crippen molar-refractivity contribution in [2.45, 2.75) is 36.8 Å². The van der Waals surface area contributed by atoms with E-state index < -0.39 is 16.9 Å². The predicted octanol–water partition coefficient (Wildman–Crippen LogP) is 3.53. The van der Waals surface area contributed by atoms with Gasteiger partial charge in [-0.25, -0.2) is 9.97 Å². The summed E-state index contributed by atoms with van der Waals surface area (Å²) < 4.78 is 10.6. The van der Waals surface area contributed by atoms with Gasteiger partial charge >= 0.3 is 5.97 Å². The van der Waals surface area contributed by atoms with Crippen LogP contribution in [0.1, 0.15) is 18.9 Å². The Hall–Kier alpha value is -2.62. The summed E-state index contributed by atoms with van der Waals surface area (Å²) in [4.78, 5) is 24.4. The largest absolute Gasteiger partial charge is 0.493 e. The minimum absolute atomic E-state index is 0.295. The maximum atomic E-state index is 12.4. The molecular weight excluding hydrogens is 452 g/mol. The molecule has 0 amide bonds. The Morgan fingerprint density at radius 2 is 2.12 bits per heavy atom. The van der Waals surface area contributed by atoms with Gasteiger partial charge in [-0.15, -0.1) is 22.9 Å². The number of nitrogens with zero attached hydrogens (tertiary/aromatic N) is 3. The van der Waals surface area contributed by atoms with Gasteiger partial charge < -0.3 is 19.5 Å². The van der Waals surface area contributed by atoms with Crippen molar-refractivity contribution in [2.75, 3.05) is 25.7 Å². The Labute approximate surface area is 195 Å². The zero-order valence-electron chi connectivity index (χ0n) is 18.0. The molecule has 2 N–H and O–H groups in total. The van der Waals surface area contributed by atoms with Crippen molar-refractivity contribution in [3.63, 3.8) is 0 Å². The van der Waals surface area contributed by atoms with Gasteiger partial charge in [-0.2, -0.15) is 0 Å². The molecule has 2 aromatic heterocycles. The van der Waals surface area contributed by atoms with E-state index in [0.29, 0.717) is 37.0 Å². The second-order valence-electron chi connectivity index (χ2n) is 7.76. The van der Waals surface area contributed by atoms with Crippen LogP contribution < -0.4 is 19.7 Å². The van der Waals surface area contributed by atoms with Gasteiger partial charge in [0.2, 0.25) is 5.95 Å². The Morgan fingerprint density at radius 3 is 2.84 bits per heavy atom. The summed E-state index contributed by atoms with van der Waals surface area (Å²) in [5.74, 6) is 0.794. The molecule has 3 unspecified atom stereocenters. The van der Waals surface area contributed by atoms with E-state index in [1.165, 1.54) is 0 Å². The van der Waals surface area contributed by atoms with E-state index in [2.05, 4.69) is 15.3 Å². The normalized spacial score (nSPS) is 23.3. The van der Waals surface area contributed by atoms with Crippen LogP contribution in [0.15, 0.2) is 35.8 Å². The molecule has 3 aromatic rings. The topological polar surface area (TPSA) is 96.8 Å². The molecule has 10 heteroatoms. The number of carboxylic acid groups (broad SMARTS) is 1. The van der Waals surface area contributed by atoms with Gasteiger partial charge in [0.15, 0.2) is 11.5 Å². The number of ether oxygens (including phenoxy) is 2. The van der Waals surface area contributed by atoms with Crippen LogP contribution in [0.4, 0.5) is 5.95 Å². The lowest BCUT2D eigenvalue weighted by Gasteiger charge is -2.47. The van der Waals surface area contributed by atoms with Gasteiger partial charge in [0.25, 0.3) is 0 Å². The van der Waals surface area contributed by atoms with Crippen molar-refractivity contribution in [1.29, 1.82) is 0 Å². The standard InChI is InChI=1S/C22H25ClN4O4S/c1-13-18(23)22(20(28)29,25-11-14-4-5-16(30-2)17(10-14)31-3)7-8-27(13)21-24-12-15-6-9-32-19(15)26-21/h4-6,9-10,12-13,18,25H,7-8,11H2,1-3H3,(H,28,29). The summed E-state index contributed by atoms with van der Waals surface area (Å²) in [5.41, 5.74) is -0.425. The molecule has 0 spiro atoms. The second kappa shape index (κ2) is 9.09. The third-order valence-corrected chi connectivity index (χ3v) is 7.58. The molecule has 32 heavy (non-hydrogen) atoms. The number of aromatic nitrogens is 2. The minimum Gasteiger partial charge on any atom is -0.493 e. The number of methoxy groups -OCH3 is 2. The van der Waals surface area contributed by atoms with E-state index >= 15 is 0 Å². The van der Waals surface area contributed by atoms with Crippen LogP contribution in [0.25, 0.3) is 10.2 Å². The molecular formula is C22H25ClN4O4S. The zero-order chi connectivity index (χ0) is 22.9. The summed E-state index contributed by atoms with van der Waals surface area (Å²) >= 11 is 8.36. The summed E-state index contributed by atoms with van der Waals surface area (Å²) in [7, 11) is 3.14. The van der Waals surface area contributed by atoms with Crippen LogP contribution in [-0.2, 0) is 11.3 Å². The Kier molecular flexibility index (Phi) is 6.41. The number of aliphatic carboxylic acids is 1. The maximum Gasteiger partial charge on any atom is 0.325 e. The molecule has 170 valence electrons.